The van der Waals surface area contributed by atoms with Crippen molar-refractivity contribution in [1.82, 2.24) is 10.2 Å². The molecule has 0 fully saturated rings. The number of halogens is 6. The van der Waals surface area contributed by atoms with Crippen molar-refractivity contribution in [3.63, 3.8) is 0 Å². The van der Waals surface area contributed by atoms with Crippen LogP contribution in [0, 0.1) is 0 Å². The topological polar surface area (TPSA) is 76.2 Å². The predicted molar refractivity (Wildman–Crippen MR) is 107 cm³/mol. The highest BCUT2D eigenvalue weighted by Crippen LogP contribution is 2.41. The second-order valence-corrected chi connectivity index (χ2v) is 7.57. The summed E-state index contributed by atoms with van der Waals surface area (Å²) in [6.45, 7) is -0.389. The monoisotopic (exact) mass is 485 g/mol. The molecule has 0 aliphatic carbocycles. The van der Waals surface area contributed by atoms with Crippen molar-refractivity contribution in [3.05, 3.63) is 70.4 Å². The molecule has 0 saturated heterocycles. The van der Waals surface area contributed by atoms with Crippen molar-refractivity contribution < 1.29 is 40.6 Å². The number of H-pyrrole nitrogens is 1. The Morgan fingerprint density at radius 1 is 1.03 bits per heavy atom. The van der Waals surface area contributed by atoms with Gasteiger partial charge in [0.15, 0.2) is 0 Å². The number of nitrogens with zero attached hydrogens (tertiary/aromatic N) is 1. The lowest BCUT2D eigenvalue weighted by molar-refractivity contribution is -0.144. The van der Waals surface area contributed by atoms with Gasteiger partial charge >= 0.3 is 12.4 Å². The van der Waals surface area contributed by atoms with Crippen molar-refractivity contribution in [3.8, 4) is 11.5 Å². The maximum Gasteiger partial charge on any atom is 0.419 e. The summed E-state index contributed by atoms with van der Waals surface area (Å²) in [5.74, 6) is -0.504. The van der Waals surface area contributed by atoms with E-state index < -0.39 is 29.2 Å². The summed E-state index contributed by atoms with van der Waals surface area (Å²) in [5.41, 5.74) is -1.11. The third kappa shape index (κ3) is 4.66. The van der Waals surface area contributed by atoms with Gasteiger partial charge in [0.05, 0.1) is 24.4 Å². The number of hydrogen-bond acceptors (Lipinski definition) is 4. The van der Waals surface area contributed by atoms with Gasteiger partial charge in [-0.25, -0.2) is 0 Å². The quantitative estimate of drug-likeness (QED) is 0.468. The highest BCUT2D eigenvalue weighted by atomic mass is 19.4. The second kappa shape index (κ2) is 8.58. The number of amides is 1. The fraction of sp³-hybridized carbons (Fsp3) is 0.273. The van der Waals surface area contributed by atoms with Crippen LogP contribution in [-0.4, -0.2) is 23.2 Å². The van der Waals surface area contributed by atoms with Crippen LogP contribution in [-0.2, 0) is 23.8 Å². The molecule has 180 valence electrons. The summed E-state index contributed by atoms with van der Waals surface area (Å²) in [6.07, 6.45) is -8.23. The SMILES string of the molecule is COc1cc(C2CC(=O)Nc3[nH]ncc32)ccc1COc1ccc(C(F)(F)F)cc1C(F)(F)F. The molecular formula is C22H17F6N3O3. The molecule has 0 spiro atoms. The number of fused-ring (bicyclic) bond motifs is 1. The molecule has 1 aliphatic rings. The Kier molecular flexibility index (Phi) is 5.92. The Balaban J connectivity index is 1.60. The average molecular weight is 485 g/mol. The first kappa shape index (κ1) is 23.5. The first-order chi connectivity index (χ1) is 16.0. The van der Waals surface area contributed by atoms with Gasteiger partial charge < -0.3 is 14.8 Å². The summed E-state index contributed by atoms with van der Waals surface area (Å²) >= 11 is 0. The lowest BCUT2D eigenvalue weighted by Gasteiger charge is -2.23. The first-order valence-corrected chi connectivity index (χ1v) is 9.88. The van der Waals surface area contributed by atoms with Gasteiger partial charge in [-0.3, -0.25) is 9.89 Å². The van der Waals surface area contributed by atoms with Crippen LogP contribution in [0.5, 0.6) is 11.5 Å². The summed E-state index contributed by atoms with van der Waals surface area (Å²) in [6, 6.07) is 6.08. The van der Waals surface area contributed by atoms with E-state index in [0.29, 0.717) is 29.1 Å². The summed E-state index contributed by atoms with van der Waals surface area (Å²) in [5, 5.41) is 9.31. The van der Waals surface area contributed by atoms with Crippen LogP contribution >= 0.6 is 0 Å². The Morgan fingerprint density at radius 3 is 2.47 bits per heavy atom. The van der Waals surface area contributed by atoms with Gasteiger partial charge in [-0.15, -0.1) is 0 Å². The number of carbonyl (C=O) groups is 1. The molecule has 6 nitrogen and oxygen atoms in total. The Hall–Kier alpha value is -3.70. The summed E-state index contributed by atoms with van der Waals surface area (Å²) in [7, 11) is 1.36. The standard InChI is InChI=1S/C22H17F6N3O3/c1-33-18-6-11(14-8-19(32)30-20-15(14)9-29-31-20)2-3-12(18)10-34-17-5-4-13(21(23,24)25)7-16(17)22(26,27)28/h2-7,9,14H,8,10H2,1H3,(H2,29,30,31,32). The second-order valence-electron chi connectivity index (χ2n) is 7.57. The smallest absolute Gasteiger partial charge is 0.419 e. The van der Waals surface area contributed by atoms with E-state index in [2.05, 4.69) is 15.5 Å². The number of carbonyl (C=O) groups excluding carboxylic acids is 1. The van der Waals surface area contributed by atoms with Gasteiger partial charge in [0.25, 0.3) is 0 Å². The lowest BCUT2D eigenvalue weighted by atomic mass is 9.87. The lowest BCUT2D eigenvalue weighted by Crippen LogP contribution is -2.23. The minimum atomic E-state index is -5.05. The molecule has 1 amide bonds. The fourth-order valence-corrected chi connectivity index (χ4v) is 3.75. The molecule has 2 aromatic carbocycles. The minimum Gasteiger partial charge on any atom is -0.496 e. The minimum absolute atomic E-state index is 0.0201. The maximum atomic E-state index is 13.4. The molecule has 0 saturated carbocycles. The number of methoxy groups -OCH3 is 1. The van der Waals surface area contributed by atoms with E-state index >= 15 is 0 Å². The summed E-state index contributed by atoms with van der Waals surface area (Å²) in [4.78, 5) is 12.0. The van der Waals surface area contributed by atoms with Gasteiger partial charge in [0.2, 0.25) is 5.91 Å². The third-order valence-electron chi connectivity index (χ3n) is 5.41. The Morgan fingerprint density at radius 2 is 1.79 bits per heavy atom. The highest BCUT2D eigenvalue weighted by molar-refractivity contribution is 5.94. The van der Waals surface area contributed by atoms with Crippen LogP contribution in [0.4, 0.5) is 32.2 Å². The molecule has 3 aromatic rings. The number of anilines is 1. The molecule has 34 heavy (non-hydrogen) atoms. The van der Waals surface area contributed by atoms with E-state index in [-0.39, 0.29) is 36.7 Å². The van der Waals surface area contributed by atoms with E-state index in [9.17, 15) is 31.1 Å². The number of aromatic nitrogens is 2. The number of benzene rings is 2. The van der Waals surface area contributed by atoms with Gasteiger partial charge in [-0.1, -0.05) is 12.1 Å². The fourth-order valence-electron chi connectivity index (χ4n) is 3.75. The molecule has 1 atom stereocenters. The number of hydrogen-bond donors (Lipinski definition) is 2. The van der Waals surface area contributed by atoms with Crippen molar-refractivity contribution in [2.24, 2.45) is 0 Å². The molecule has 12 heteroatoms. The molecule has 2 N–H and O–H groups in total. The van der Waals surface area contributed by atoms with Crippen LogP contribution < -0.4 is 14.8 Å². The van der Waals surface area contributed by atoms with Crippen molar-refractivity contribution in [2.45, 2.75) is 31.3 Å². The van der Waals surface area contributed by atoms with Gasteiger partial charge in [0, 0.05) is 23.5 Å². The van der Waals surface area contributed by atoms with E-state index in [1.807, 2.05) is 0 Å². The van der Waals surface area contributed by atoms with Crippen molar-refractivity contribution in [1.29, 1.82) is 0 Å². The first-order valence-electron chi connectivity index (χ1n) is 9.88. The third-order valence-corrected chi connectivity index (χ3v) is 5.41. The van der Waals surface area contributed by atoms with Crippen molar-refractivity contribution >= 4 is 11.7 Å². The molecule has 0 bridgehead atoms. The van der Waals surface area contributed by atoms with Gasteiger partial charge in [-0.05, 0) is 29.8 Å². The van der Waals surface area contributed by atoms with E-state index in [1.165, 1.54) is 7.11 Å². The van der Waals surface area contributed by atoms with Crippen LogP contribution in [0.3, 0.4) is 0 Å². The average Bonchev–Trinajstić information content (AvgIpc) is 3.24. The number of alkyl halides is 6. The maximum absolute atomic E-state index is 13.4. The Bertz CT molecular complexity index is 1220. The molecule has 1 aliphatic heterocycles. The molecule has 2 heterocycles. The van der Waals surface area contributed by atoms with Gasteiger partial charge in [0.1, 0.15) is 23.9 Å². The van der Waals surface area contributed by atoms with Crippen LogP contribution in [0.2, 0.25) is 0 Å². The van der Waals surface area contributed by atoms with Crippen LogP contribution in [0.1, 0.15) is 40.2 Å². The molecular weight excluding hydrogens is 468 g/mol. The predicted octanol–water partition coefficient (Wildman–Crippen LogP) is 5.51. The summed E-state index contributed by atoms with van der Waals surface area (Å²) < 4.78 is 89.3. The molecule has 1 unspecified atom stereocenters. The number of nitrogens with one attached hydrogen (secondary N) is 2. The molecule has 1 aromatic heterocycles. The zero-order valence-corrected chi connectivity index (χ0v) is 17.5. The molecule has 4 rings (SSSR count). The van der Waals surface area contributed by atoms with Crippen molar-refractivity contribution in [2.75, 3.05) is 12.4 Å². The number of ether oxygens (including phenoxy) is 2. The molecule has 0 radical (unpaired) electrons. The normalized spacial score (nSPS) is 16.1. The van der Waals surface area contributed by atoms with E-state index in [1.54, 1.807) is 24.4 Å². The van der Waals surface area contributed by atoms with E-state index in [0.717, 1.165) is 5.56 Å². The zero-order valence-electron chi connectivity index (χ0n) is 17.5. The van der Waals surface area contributed by atoms with Crippen LogP contribution in [0.25, 0.3) is 0 Å². The Labute approximate surface area is 188 Å². The van der Waals surface area contributed by atoms with E-state index in [4.69, 9.17) is 9.47 Å². The zero-order chi connectivity index (χ0) is 24.7. The van der Waals surface area contributed by atoms with Crippen LogP contribution in [0.15, 0.2) is 42.6 Å². The number of rotatable bonds is 5. The highest BCUT2D eigenvalue weighted by Gasteiger charge is 2.39. The number of aromatic amines is 1. The largest absolute Gasteiger partial charge is 0.496 e. The van der Waals surface area contributed by atoms with Gasteiger partial charge in [-0.2, -0.15) is 31.4 Å².